The van der Waals surface area contributed by atoms with Gasteiger partial charge in [-0.2, -0.15) is 0 Å². The van der Waals surface area contributed by atoms with E-state index in [2.05, 4.69) is 0 Å². The average molecular weight is 168 g/mol. The van der Waals surface area contributed by atoms with Crippen LogP contribution in [0.25, 0.3) is 0 Å². The van der Waals surface area contributed by atoms with E-state index in [0.717, 1.165) is 25.7 Å². The molecule has 0 bridgehead atoms. The smallest absolute Gasteiger partial charge is 0.0970 e. The first kappa shape index (κ1) is 8.27. The van der Waals surface area contributed by atoms with Gasteiger partial charge in [-0.05, 0) is 25.7 Å². The minimum atomic E-state index is -0.819. The molecule has 0 aromatic rings. The molecular formula is C10H16O2. The molecule has 0 aromatic carbocycles. The number of fused-ring (bicyclic) bond motifs is 1. The third-order valence-electron chi connectivity index (χ3n) is 3.37. The summed E-state index contributed by atoms with van der Waals surface area (Å²) in [7, 11) is 0. The molecule has 2 N–H and O–H groups in total. The lowest BCUT2D eigenvalue weighted by atomic mass is 9.66. The minimum absolute atomic E-state index is 0.628. The topological polar surface area (TPSA) is 40.5 Å². The van der Waals surface area contributed by atoms with Crippen molar-refractivity contribution in [2.75, 3.05) is 0 Å². The molecule has 1 saturated carbocycles. The molecule has 0 radical (unpaired) electrons. The lowest BCUT2D eigenvalue weighted by Gasteiger charge is -2.48. The summed E-state index contributed by atoms with van der Waals surface area (Å²) in [5.74, 6) is 0. The van der Waals surface area contributed by atoms with Gasteiger partial charge in [-0.25, -0.2) is 0 Å². The highest BCUT2D eigenvalue weighted by atomic mass is 16.4. The highest BCUT2D eigenvalue weighted by Crippen LogP contribution is 2.44. The second-order valence-corrected chi connectivity index (χ2v) is 4.15. The van der Waals surface area contributed by atoms with Gasteiger partial charge in [0.15, 0.2) is 0 Å². The first-order chi connectivity index (χ1) is 5.66. The maximum Gasteiger partial charge on any atom is 0.0970 e. The maximum absolute atomic E-state index is 10.1. The van der Waals surface area contributed by atoms with Gasteiger partial charge in [-0.15, -0.1) is 0 Å². The van der Waals surface area contributed by atoms with Crippen LogP contribution in [0.1, 0.15) is 38.5 Å². The zero-order valence-electron chi connectivity index (χ0n) is 7.29. The maximum atomic E-state index is 10.1. The molecule has 2 unspecified atom stereocenters. The standard InChI is InChI=1S/C10H16O2/c11-9-5-1-2-6-10(9,12)8-4-3-7-9/h1-2,11-12H,3-8H2. The zero-order chi connectivity index (χ0) is 8.66. The van der Waals surface area contributed by atoms with Crippen LogP contribution in [0.5, 0.6) is 0 Å². The summed E-state index contributed by atoms with van der Waals surface area (Å²) in [6.07, 6.45) is 8.84. The van der Waals surface area contributed by atoms with Crippen molar-refractivity contribution >= 4 is 0 Å². The Morgan fingerprint density at radius 3 is 1.67 bits per heavy atom. The molecule has 2 aliphatic rings. The fraction of sp³-hybridized carbons (Fsp3) is 0.800. The summed E-state index contributed by atoms with van der Waals surface area (Å²) in [6.45, 7) is 0. The summed E-state index contributed by atoms with van der Waals surface area (Å²) < 4.78 is 0. The summed E-state index contributed by atoms with van der Waals surface area (Å²) in [4.78, 5) is 0. The molecule has 12 heavy (non-hydrogen) atoms. The van der Waals surface area contributed by atoms with Crippen molar-refractivity contribution in [3.63, 3.8) is 0 Å². The second kappa shape index (κ2) is 2.57. The van der Waals surface area contributed by atoms with E-state index in [1.807, 2.05) is 12.2 Å². The van der Waals surface area contributed by atoms with Gasteiger partial charge in [-0.3, -0.25) is 0 Å². The molecule has 0 saturated heterocycles. The van der Waals surface area contributed by atoms with Crippen molar-refractivity contribution in [1.82, 2.24) is 0 Å². The van der Waals surface area contributed by atoms with Gasteiger partial charge in [0.2, 0.25) is 0 Å². The number of hydrogen-bond acceptors (Lipinski definition) is 2. The SMILES string of the molecule is OC12CC=CCC1(O)CCCC2. The van der Waals surface area contributed by atoms with Crippen LogP contribution < -0.4 is 0 Å². The Balaban J connectivity index is 2.28. The van der Waals surface area contributed by atoms with Crippen LogP contribution in [0, 0.1) is 0 Å². The van der Waals surface area contributed by atoms with Gasteiger partial charge in [0.05, 0.1) is 11.2 Å². The highest BCUT2D eigenvalue weighted by Gasteiger charge is 2.50. The van der Waals surface area contributed by atoms with Crippen LogP contribution in [-0.2, 0) is 0 Å². The Kier molecular flexibility index (Phi) is 1.77. The van der Waals surface area contributed by atoms with E-state index in [4.69, 9.17) is 0 Å². The van der Waals surface area contributed by atoms with Gasteiger partial charge in [0.25, 0.3) is 0 Å². The van der Waals surface area contributed by atoms with Crippen molar-refractivity contribution in [1.29, 1.82) is 0 Å². The molecule has 1 fully saturated rings. The van der Waals surface area contributed by atoms with Crippen molar-refractivity contribution in [3.05, 3.63) is 12.2 Å². The van der Waals surface area contributed by atoms with Gasteiger partial charge in [0.1, 0.15) is 0 Å². The highest BCUT2D eigenvalue weighted by molar-refractivity contribution is 5.13. The first-order valence-corrected chi connectivity index (χ1v) is 4.76. The molecule has 2 nitrogen and oxygen atoms in total. The number of aliphatic hydroxyl groups is 2. The van der Waals surface area contributed by atoms with Crippen LogP contribution in [0.4, 0.5) is 0 Å². The molecular weight excluding hydrogens is 152 g/mol. The summed E-state index contributed by atoms with van der Waals surface area (Å²) in [5.41, 5.74) is -1.64. The van der Waals surface area contributed by atoms with E-state index < -0.39 is 11.2 Å². The quantitative estimate of drug-likeness (QED) is 0.536. The Morgan fingerprint density at radius 2 is 1.25 bits per heavy atom. The molecule has 0 amide bonds. The third kappa shape index (κ3) is 1.02. The Bertz CT molecular complexity index is 190. The number of hydrogen-bond donors (Lipinski definition) is 2. The first-order valence-electron chi connectivity index (χ1n) is 4.76. The molecule has 2 atom stereocenters. The second-order valence-electron chi connectivity index (χ2n) is 4.15. The largest absolute Gasteiger partial charge is 0.387 e. The van der Waals surface area contributed by atoms with E-state index >= 15 is 0 Å². The normalized spacial score (nSPS) is 47.2. The van der Waals surface area contributed by atoms with E-state index in [0.29, 0.717) is 12.8 Å². The van der Waals surface area contributed by atoms with Crippen LogP contribution in [0.15, 0.2) is 12.2 Å². The van der Waals surface area contributed by atoms with Crippen LogP contribution in [0.3, 0.4) is 0 Å². The van der Waals surface area contributed by atoms with Gasteiger partial charge >= 0.3 is 0 Å². The monoisotopic (exact) mass is 168 g/mol. The van der Waals surface area contributed by atoms with E-state index in [1.54, 1.807) is 0 Å². The van der Waals surface area contributed by atoms with Gasteiger partial charge in [0, 0.05) is 0 Å². The Morgan fingerprint density at radius 1 is 0.833 bits per heavy atom. The van der Waals surface area contributed by atoms with Gasteiger partial charge in [-0.1, -0.05) is 25.0 Å². The molecule has 68 valence electrons. The predicted molar refractivity (Wildman–Crippen MR) is 46.7 cm³/mol. The van der Waals surface area contributed by atoms with E-state index in [-0.39, 0.29) is 0 Å². The molecule has 2 aliphatic carbocycles. The predicted octanol–water partition coefficient (Wildman–Crippen LogP) is 1.37. The minimum Gasteiger partial charge on any atom is -0.387 e. The fourth-order valence-electron chi connectivity index (χ4n) is 2.44. The molecule has 0 aromatic heterocycles. The van der Waals surface area contributed by atoms with E-state index in [1.165, 1.54) is 0 Å². The molecule has 0 aliphatic heterocycles. The molecule has 0 spiro atoms. The summed E-state index contributed by atoms with van der Waals surface area (Å²) in [6, 6.07) is 0. The summed E-state index contributed by atoms with van der Waals surface area (Å²) in [5, 5.41) is 20.3. The number of rotatable bonds is 0. The van der Waals surface area contributed by atoms with Crippen LogP contribution >= 0.6 is 0 Å². The molecule has 0 heterocycles. The average Bonchev–Trinajstić information content (AvgIpc) is 2.05. The van der Waals surface area contributed by atoms with E-state index in [9.17, 15) is 10.2 Å². The summed E-state index contributed by atoms with van der Waals surface area (Å²) >= 11 is 0. The molecule has 2 heteroatoms. The Hall–Kier alpha value is -0.340. The lowest BCUT2D eigenvalue weighted by Crippen LogP contribution is -2.56. The van der Waals surface area contributed by atoms with Crippen molar-refractivity contribution in [2.45, 2.75) is 49.7 Å². The lowest BCUT2D eigenvalue weighted by molar-refractivity contribution is -0.175. The zero-order valence-corrected chi connectivity index (χ0v) is 7.29. The van der Waals surface area contributed by atoms with Crippen LogP contribution in [-0.4, -0.2) is 21.4 Å². The van der Waals surface area contributed by atoms with Crippen molar-refractivity contribution < 1.29 is 10.2 Å². The molecule has 2 rings (SSSR count). The van der Waals surface area contributed by atoms with Crippen molar-refractivity contribution in [2.24, 2.45) is 0 Å². The fourth-order valence-corrected chi connectivity index (χ4v) is 2.44. The van der Waals surface area contributed by atoms with Crippen molar-refractivity contribution in [3.8, 4) is 0 Å². The van der Waals surface area contributed by atoms with Gasteiger partial charge < -0.3 is 10.2 Å². The van der Waals surface area contributed by atoms with Crippen LogP contribution in [0.2, 0.25) is 0 Å². The third-order valence-corrected chi connectivity index (χ3v) is 3.37. The Labute approximate surface area is 72.9 Å².